The lowest BCUT2D eigenvalue weighted by Gasteiger charge is -2.16. The van der Waals surface area contributed by atoms with Crippen LogP contribution < -0.4 is 5.32 Å². The van der Waals surface area contributed by atoms with Gasteiger partial charge in [-0.1, -0.05) is 55.5 Å². The van der Waals surface area contributed by atoms with E-state index in [1.165, 1.54) is 27.8 Å². The third-order valence-corrected chi connectivity index (χ3v) is 4.44. The van der Waals surface area contributed by atoms with Gasteiger partial charge in [0.15, 0.2) is 0 Å². The Morgan fingerprint density at radius 1 is 1.00 bits per heavy atom. The molecule has 0 aliphatic carbocycles. The quantitative estimate of drug-likeness (QED) is 0.679. The number of aryl methyl sites for hydroxylation is 1. The summed E-state index contributed by atoms with van der Waals surface area (Å²) in [7, 11) is 0. The molecule has 1 N–H and O–H groups in total. The number of benzene rings is 2. The molecule has 3 aromatic rings. The lowest BCUT2D eigenvalue weighted by molar-refractivity contribution is 0.575. The van der Waals surface area contributed by atoms with E-state index in [9.17, 15) is 0 Å². The van der Waals surface area contributed by atoms with Gasteiger partial charge in [0.05, 0.1) is 0 Å². The zero-order valence-electron chi connectivity index (χ0n) is 14.4. The first-order valence-corrected chi connectivity index (χ1v) is 8.58. The lowest BCUT2D eigenvalue weighted by Crippen LogP contribution is -2.18. The van der Waals surface area contributed by atoms with E-state index in [-0.39, 0.29) is 0 Å². The van der Waals surface area contributed by atoms with Crippen LogP contribution in [0.4, 0.5) is 0 Å². The van der Waals surface area contributed by atoms with E-state index in [1.54, 1.807) is 0 Å². The molecule has 2 heteroatoms. The molecule has 2 nitrogen and oxygen atoms in total. The number of pyridine rings is 1. The molecule has 24 heavy (non-hydrogen) atoms. The van der Waals surface area contributed by atoms with Crippen LogP contribution in [0.3, 0.4) is 0 Å². The zero-order chi connectivity index (χ0) is 16.8. The van der Waals surface area contributed by atoms with E-state index >= 15 is 0 Å². The molecule has 0 aliphatic rings. The Kier molecular flexibility index (Phi) is 5.39. The standard InChI is InChI=1S/C22H24N2/c1-3-19-12-11-18(14-22(19)21-10-7-13-23-16-21)15-24-17(2)20-8-5-4-6-9-20/h4-14,16-17,24H,3,15H2,1-2H3/t17-/m1/s1. The maximum absolute atomic E-state index is 4.26. The first-order valence-electron chi connectivity index (χ1n) is 8.58. The summed E-state index contributed by atoms with van der Waals surface area (Å²) in [6, 6.07) is 21.8. The number of aromatic nitrogens is 1. The van der Waals surface area contributed by atoms with Crippen molar-refractivity contribution in [2.45, 2.75) is 32.9 Å². The molecule has 0 radical (unpaired) electrons. The number of hydrogen-bond donors (Lipinski definition) is 1. The van der Waals surface area contributed by atoms with Crippen LogP contribution in [-0.4, -0.2) is 4.98 Å². The van der Waals surface area contributed by atoms with Gasteiger partial charge in [0.25, 0.3) is 0 Å². The second kappa shape index (κ2) is 7.89. The molecule has 1 heterocycles. The molecule has 0 saturated carbocycles. The summed E-state index contributed by atoms with van der Waals surface area (Å²) in [5.41, 5.74) is 6.46. The van der Waals surface area contributed by atoms with Gasteiger partial charge in [0.1, 0.15) is 0 Å². The molecule has 0 unspecified atom stereocenters. The van der Waals surface area contributed by atoms with Gasteiger partial charge in [-0.25, -0.2) is 0 Å². The average Bonchev–Trinajstić information content (AvgIpc) is 2.67. The summed E-state index contributed by atoms with van der Waals surface area (Å²) < 4.78 is 0. The number of nitrogens with one attached hydrogen (secondary N) is 1. The average molecular weight is 316 g/mol. The van der Waals surface area contributed by atoms with Crippen molar-refractivity contribution in [1.82, 2.24) is 10.3 Å². The van der Waals surface area contributed by atoms with Crippen LogP contribution in [0.25, 0.3) is 11.1 Å². The van der Waals surface area contributed by atoms with Crippen LogP contribution in [0.1, 0.15) is 36.6 Å². The minimum absolute atomic E-state index is 0.332. The van der Waals surface area contributed by atoms with Gasteiger partial charge in [-0.2, -0.15) is 0 Å². The Balaban J connectivity index is 1.77. The summed E-state index contributed by atoms with van der Waals surface area (Å²) in [5, 5.41) is 3.62. The maximum Gasteiger partial charge on any atom is 0.0346 e. The highest BCUT2D eigenvalue weighted by Crippen LogP contribution is 2.25. The monoisotopic (exact) mass is 316 g/mol. The van der Waals surface area contributed by atoms with Crippen molar-refractivity contribution in [2.24, 2.45) is 0 Å². The Labute approximate surface area is 144 Å². The van der Waals surface area contributed by atoms with Crippen molar-refractivity contribution in [2.75, 3.05) is 0 Å². The van der Waals surface area contributed by atoms with Crippen molar-refractivity contribution in [3.8, 4) is 11.1 Å². The van der Waals surface area contributed by atoms with Crippen LogP contribution >= 0.6 is 0 Å². The summed E-state index contributed by atoms with van der Waals surface area (Å²) in [4.78, 5) is 4.26. The molecule has 0 spiro atoms. The molecule has 122 valence electrons. The summed E-state index contributed by atoms with van der Waals surface area (Å²) in [5.74, 6) is 0. The smallest absolute Gasteiger partial charge is 0.0346 e. The second-order valence-electron chi connectivity index (χ2n) is 6.10. The van der Waals surface area contributed by atoms with Gasteiger partial charge < -0.3 is 5.32 Å². The molecule has 3 rings (SSSR count). The molecule has 0 saturated heterocycles. The van der Waals surface area contributed by atoms with Crippen LogP contribution in [0.2, 0.25) is 0 Å². The molecule has 0 aliphatic heterocycles. The Morgan fingerprint density at radius 3 is 2.54 bits per heavy atom. The summed E-state index contributed by atoms with van der Waals surface area (Å²) in [6.45, 7) is 5.26. The molecule has 2 aromatic carbocycles. The highest BCUT2D eigenvalue weighted by molar-refractivity contribution is 5.67. The molecule has 1 atom stereocenters. The minimum atomic E-state index is 0.332. The normalized spacial score (nSPS) is 12.1. The lowest BCUT2D eigenvalue weighted by atomic mass is 9.96. The summed E-state index contributed by atoms with van der Waals surface area (Å²) >= 11 is 0. The topological polar surface area (TPSA) is 24.9 Å². The van der Waals surface area contributed by atoms with Crippen molar-refractivity contribution >= 4 is 0 Å². The highest BCUT2D eigenvalue weighted by Gasteiger charge is 2.08. The van der Waals surface area contributed by atoms with Crippen LogP contribution in [0.15, 0.2) is 73.1 Å². The fourth-order valence-electron chi connectivity index (χ4n) is 2.96. The third kappa shape index (κ3) is 3.90. The second-order valence-corrected chi connectivity index (χ2v) is 6.10. The predicted molar refractivity (Wildman–Crippen MR) is 101 cm³/mol. The van der Waals surface area contributed by atoms with Crippen molar-refractivity contribution < 1.29 is 0 Å². The molecule has 0 fully saturated rings. The Hall–Kier alpha value is -2.45. The van der Waals surface area contributed by atoms with E-state index in [4.69, 9.17) is 0 Å². The van der Waals surface area contributed by atoms with Gasteiger partial charge in [0, 0.05) is 30.5 Å². The van der Waals surface area contributed by atoms with Gasteiger partial charge in [-0.05, 0) is 47.7 Å². The molecule has 1 aromatic heterocycles. The first kappa shape index (κ1) is 16.4. The molecule has 0 amide bonds. The van der Waals surface area contributed by atoms with E-state index in [0.717, 1.165) is 13.0 Å². The minimum Gasteiger partial charge on any atom is -0.306 e. The fourth-order valence-corrected chi connectivity index (χ4v) is 2.96. The van der Waals surface area contributed by atoms with Gasteiger partial charge >= 0.3 is 0 Å². The Morgan fingerprint density at radius 2 is 1.83 bits per heavy atom. The van der Waals surface area contributed by atoms with Crippen molar-refractivity contribution in [3.63, 3.8) is 0 Å². The van der Waals surface area contributed by atoms with E-state index < -0.39 is 0 Å². The van der Waals surface area contributed by atoms with E-state index in [1.807, 2.05) is 18.5 Å². The number of rotatable bonds is 6. The number of hydrogen-bond acceptors (Lipinski definition) is 2. The van der Waals surface area contributed by atoms with Crippen molar-refractivity contribution in [3.05, 3.63) is 89.7 Å². The van der Waals surface area contributed by atoms with Crippen molar-refractivity contribution in [1.29, 1.82) is 0 Å². The fraction of sp³-hybridized carbons (Fsp3) is 0.227. The third-order valence-electron chi connectivity index (χ3n) is 4.44. The first-order chi connectivity index (χ1) is 11.8. The van der Waals surface area contributed by atoms with Crippen LogP contribution in [0.5, 0.6) is 0 Å². The van der Waals surface area contributed by atoms with Gasteiger partial charge in [-0.3, -0.25) is 4.98 Å². The molecule has 0 bridgehead atoms. The summed E-state index contributed by atoms with van der Waals surface area (Å²) in [6.07, 6.45) is 4.79. The zero-order valence-corrected chi connectivity index (χ0v) is 14.4. The van der Waals surface area contributed by atoms with Gasteiger partial charge in [-0.15, -0.1) is 0 Å². The van der Waals surface area contributed by atoms with Crippen LogP contribution in [-0.2, 0) is 13.0 Å². The van der Waals surface area contributed by atoms with E-state index in [0.29, 0.717) is 6.04 Å². The van der Waals surface area contributed by atoms with Crippen LogP contribution in [0, 0.1) is 0 Å². The number of nitrogens with zero attached hydrogens (tertiary/aromatic N) is 1. The largest absolute Gasteiger partial charge is 0.306 e. The maximum atomic E-state index is 4.26. The Bertz CT molecular complexity index is 766. The molecular weight excluding hydrogens is 292 g/mol. The SMILES string of the molecule is CCc1ccc(CN[C@H](C)c2ccccc2)cc1-c1cccnc1. The van der Waals surface area contributed by atoms with Gasteiger partial charge in [0.2, 0.25) is 0 Å². The highest BCUT2D eigenvalue weighted by atomic mass is 14.9. The molecular formula is C22H24N2. The van der Waals surface area contributed by atoms with E-state index in [2.05, 4.69) is 78.7 Å². The predicted octanol–water partition coefficient (Wildman–Crippen LogP) is 5.16.